The summed E-state index contributed by atoms with van der Waals surface area (Å²) < 4.78 is 0. The largest absolute Gasteiger partial charge is 0.258 e. The minimum Gasteiger partial charge on any atom is -0.258 e. The second-order valence-electron chi connectivity index (χ2n) is 4.10. The van der Waals surface area contributed by atoms with Crippen LogP contribution in [0.15, 0.2) is 0 Å². The van der Waals surface area contributed by atoms with Crippen LogP contribution in [-0.2, 0) is 0 Å². The molecule has 0 saturated carbocycles. The number of rotatable bonds is 1. The maximum atomic E-state index is 4.52. The first-order chi connectivity index (χ1) is 6.95. The predicted molar refractivity (Wildman–Crippen MR) is 68.6 cm³/mol. The Balaban J connectivity index is 0.000000921. The van der Waals surface area contributed by atoms with Crippen LogP contribution in [0.25, 0.3) is 0 Å². The molecule has 1 aromatic rings. The number of hydrogen-bond donors (Lipinski definition) is 0. The van der Waals surface area contributed by atoms with E-state index in [1.165, 1.54) is 28.1 Å². The van der Waals surface area contributed by atoms with Crippen molar-refractivity contribution in [2.75, 3.05) is 0 Å². The van der Waals surface area contributed by atoms with Gasteiger partial charge in [0.2, 0.25) is 0 Å². The van der Waals surface area contributed by atoms with E-state index in [2.05, 4.69) is 46.5 Å². The maximum absolute atomic E-state index is 4.52. The minimum absolute atomic E-state index is 0.598. The Hall–Kier alpha value is -0.850. The smallest absolute Gasteiger partial charge is 0.0408 e. The fraction of sp³-hybridized carbons (Fsp3) is 0.643. The number of hydrogen-bond acceptors (Lipinski definition) is 1. The van der Waals surface area contributed by atoms with Crippen LogP contribution in [0.4, 0.5) is 0 Å². The molecule has 0 N–H and O–H groups in total. The quantitative estimate of drug-likeness (QED) is 0.662. The number of aromatic nitrogens is 1. The van der Waals surface area contributed by atoms with Crippen LogP contribution in [0, 0.1) is 27.7 Å². The van der Waals surface area contributed by atoms with Gasteiger partial charge >= 0.3 is 0 Å². The lowest BCUT2D eigenvalue weighted by molar-refractivity contribution is 0.827. The van der Waals surface area contributed by atoms with E-state index in [-0.39, 0.29) is 0 Å². The highest BCUT2D eigenvalue weighted by Gasteiger charge is 2.11. The summed E-state index contributed by atoms with van der Waals surface area (Å²) in [5.41, 5.74) is 6.54. The summed E-state index contributed by atoms with van der Waals surface area (Å²) in [6.45, 7) is 17.0. The molecular formula is C14H25N. The van der Waals surface area contributed by atoms with Crippen molar-refractivity contribution in [2.24, 2.45) is 0 Å². The van der Waals surface area contributed by atoms with Gasteiger partial charge < -0.3 is 0 Å². The maximum Gasteiger partial charge on any atom is 0.0408 e. The van der Waals surface area contributed by atoms with Crippen molar-refractivity contribution in [3.8, 4) is 0 Å². The second-order valence-corrected chi connectivity index (χ2v) is 4.10. The molecule has 0 aliphatic carbocycles. The molecule has 0 aliphatic rings. The molecule has 1 rings (SSSR count). The van der Waals surface area contributed by atoms with Crippen molar-refractivity contribution in [1.82, 2.24) is 4.98 Å². The Morgan fingerprint density at radius 1 is 0.800 bits per heavy atom. The third kappa shape index (κ3) is 3.05. The zero-order chi connectivity index (χ0) is 12.2. The van der Waals surface area contributed by atoms with Crippen LogP contribution < -0.4 is 0 Å². The molecule has 15 heavy (non-hydrogen) atoms. The van der Waals surface area contributed by atoms with E-state index in [0.717, 1.165) is 0 Å². The molecule has 0 atom stereocenters. The molecule has 86 valence electrons. The van der Waals surface area contributed by atoms with Crippen LogP contribution in [0.2, 0.25) is 0 Å². The highest BCUT2D eigenvalue weighted by Crippen LogP contribution is 2.25. The van der Waals surface area contributed by atoms with Crippen LogP contribution in [-0.4, -0.2) is 4.98 Å². The molecular weight excluding hydrogens is 182 g/mol. The summed E-state index contributed by atoms with van der Waals surface area (Å²) in [7, 11) is 0. The van der Waals surface area contributed by atoms with Gasteiger partial charge in [-0.2, -0.15) is 0 Å². The van der Waals surface area contributed by atoms with E-state index in [0.29, 0.717) is 5.92 Å². The van der Waals surface area contributed by atoms with E-state index in [1.807, 2.05) is 13.8 Å². The molecule has 1 heterocycles. The molecule has 0 amide bonds. The number of aryl methyl sites for hydroxylation is 2. The van der Waals surface area contributed by atoms with Crippen LogP contribution in [0.3, 0.4) is 0 Å². The minimum atomic E-state index is 0.598. The Kier molecular flexibility index (Phi) is 5.56. The summed E-state index contributed by atoms with van der Waals surface area (Å²) in [6.07, 6.45) is 0. The van der Waals surface area contributed by atoms with Gasteiger partial charge in [-0.05, 0) is 50.3 Å². The number of nitrogens with zero attached hydrogens (tertiary/aromatic N) is 1. The average Bonchev–Trinajstić information content (AvgIpc) is 2.18. The van der Waals surface area contributed by atoms with Gasteiger partial charge in [-0.3, -0.25) is 4.98 Å². The highest BCUT2D eigenvalue weighted by molar-refractivity contribution is 5.40. The Morgan fingerprint density at radius 2 is 1.13 bits per heavy atom. The Morgan fingerprint density at radius 3 is 1.40 bits per heavy atom. The Bertz CT molecular complexity index is 298. The second kappa shape index (κ2) is 5.89. The molecule has 0 radical (unpaired) electrons. The fourth-order valence-electron chi connectivity index (χ4n) is 1.96. The van der Waals surface area contributed by atoms with Crippen LogP contribution in [0.1, 0.15) is 61.7 Å². The summed E-state index contributed by atoms with van der Waals surface area (Å²) >= 11 is 0. The average molecular weight is 207 g/mol. The van der Waals surface area contributed by atoms with E-state index < -0.39 is 0 Å². The predicted octanol–water partition coefficient (Wildman–Crippen LogP) is 4.46. The summed E-state index contributed by atoms with van der Waals surface area (Å²) in [5.74, 6) is 0.598. The van der Waals surface area contributed by atoms with Crippen molar-refractivity contribution < 1.29 is 0 Å². The monoisotopic (exact) mass is 207 g/mol. The van der Waals surface area contributed by atoms with E-state index >= 15 is 0 Å². The summed E-state index contributed by atoms with van der Waals surface area (Å²) in [4.78, 5) is 4.52. The standard InChI is InChI=1S/C12H19N.C2H6/c1-7(2)12-8(3)10(5)13-11(6)9(12)4;1-2/h7H,1-6H3;1-2H3. The highest BCUT2D eigenvalue weighted by atomic mass is 14.7. The molecule has 1 heteroatoms. The van der Waals surface area contributed by atoms with Gasteiger partial charge in [-0.1, -0.05) is 27.7 Å². The fourth-order valence-corrected chi connectivity index (χ4v) is 1.96. The Labute approximate surface area is 94.9 Å². The summed E-state index contributed by atoms with van der Waals surface area (Å²) in [5, 5.41) is 0. The van der Waals surface area contributed by atoms with E-state index in [4.69, 9.17) is 0 Å². The lowest BCUT2D eigenvalue weighted by atomic mass is 9.92. The van der Waals surface area contributed by atoms with Crippen molar-refractivity contribution in [2.45, 2.75) is 61.3 Å². The van der Waals surface area contributed by atoms with Gasteiger partial charge in [0.25, 0.3) is 0 Å². The molecule has 0 aromatic carbocycles. The van der Waals surface area contributed by atoms with Gasteiger partial charge in [-0.15, -0.1) is 0 Å². The molecule has 0 saturated heterocycles. The van der Waals surface area contributed by atoms with E-state index in [9.17, 15) is 0 Å². The topological polar surface area (TPSA) is 12.9 Å². The lowest BCUT2D eigenvalue weighted by Crippen LogP contribution is -2.03. The first kappa shape index (κ1) is 14.2. The molecule has 1 aromatic heterocycles. The van der Waals surface area contributed by atoms with Gasteiger partial charge in [0.1, 0.15) is 0 Å². The van der Waals surface area contributed by atoms with Gasteiger partial charge in [-0.25, -0.2) is 0 Å². The van der Waals surface area contributed by atoms with Gasteiger partial charge in [0, 0.05) is 11.4 Å². The normalized spacial score (nSPS) is 9.93. The van der Waals surface area contributed by atoms with Crippen molar-refractivity contribution in [3.63, 3.8) is 0 Å². The number of pyridine rings is 1. The van der Waals surface area contributed by atoms with Crippen molar-refractivity contribution in [3.05, 3.63) is 28.1 Å². The zero-order valence-corrected chi connectivity index (χ0v) is 11.5. The molecule has 0 unspecified atom stereocenters. The van der Waals surface area contributed by atoms with Crippen molar-refractivity contribution >= 4 is 0 Å². The molecule has 1 nitrogen and oxygen atoms in total. The van der Waals surface area contributed by atoms with E-state index in [1.54, 1.807) is 0 Å². The lowest BCUT2D eigenvalue weighted by Gasteiger charge is -2.16. The molecule has 0 fully saturated rings. The molecule has 0 aliphatic heterocycles. The zero-order valence-electron chi connectivity index (χ0n) is 11.5. The van der Waals surface area contributed by atoms with Crippen molar-refractivity contribution in [1.29, 1.82) is 0 Å². The summed E-state index contributed by atoms with van der Waals surface area (Å²) in [6, 6.07) is 0. The molecule has 0 bridgehead atoms. The third-order valence-electron chi connectivity index (χ3n) is 2.81. The van der Waals surface area contributed by atoms with Gasteiger partial charge in [0.15, 0.2) is 0 Å². The van der Waals surface area contributed by atoms with Crippen LogP contribution in [0.5, 0.6) is 0 Å². The molecule has 0 spiro atoms. The SMILES string of the molecule is CC.Cc1nc(C)c(C)c(C(C)C)c1C. The first-order valence-corrected chi connectivity index (χ1v) is 5.89. The van der Waals surface area contributed by atoms with Gasteiger partial charge in [0.05, 0.1) is 0 Å². The van der Waals surface area contributed by atoms with Crippen LogP contribution >= 0.6 is 0 Å². The first-order valence-electron chi connectivity index (χ1n) is 5.89. The third-order valence-corrected chi connectivity index (χ3v) is 2.81.